The molecule has 1 aromatic carbocycles. The molecule has 1 N–H and O–H groups in total. The SMILES string of the molecule is CC(C(=O)O)N(C)Cc1c(F)cccc1Cl. The van der Waals surface area contributed by atoms with Gasteiger partial charge >= 0.3 is 5.97 Å². The molecule has 1 aromatic rings. The van der Waals surface area contributed by atoms with Crippen LogP contribution in [0.25, 0.3) is 0 Å². The lowest BCUT2D eigenvalue weighted by Crippen LogP contribution is -2.35. The van der Waals surface area contributed by atoms with E-state index < -0.39 is 17.8 Å². The summed E-state index contributed by atoms with van der Waals surface area (Å²) in [6, 6.07) is 3.72. The third kappa shape index (κ3) is 2.93. The van der Waals surface area contributed by atoms with E-state index in [1.807, 2.05) is 0 Å². The van der Waals surface area contributed by atoms with Crippen molar-refractivity contribution < 1.29 is 14.3 Å². The van der Waals surface area contributed by atoms with Gasteiger partial charge in [0.15, 0.2) is 0 Å². The highest BCUT2D eigenvalue weighted by molar-refractivity contribution is 6.31. The van der Waals surface area contributed by atoms with Crippen LogP contribution in [0.3, 0.4) is 0 Å². The molecule has 0 aliphatic carbocycles. The fraction of sp³-hybridized carbons (Fsp3) is 0.364. The normalized spacial score (nSPS) is 12.8. The Morgan fingerprint density at radius 3 is 2.75 bits per heavy atom. The molecule has 0 fully saturated rings. The van der Waals surface area contributed by atoms with Crippen LogP contribution < -0.4 is 0 Å². The molecule has 0 spiro atoms. The zero-order valence-electron chi connectivity index (χ0n) is 9.08. The number of nitrogens with zero attached hydrogens (tertiary/aromatic N) is 1. The lowest BCUT2D eigenvalue weighted by molar-refractivity contribution is -0.142. The van der Waals surface area contributed by atoms with E-state index in [4.69, 9.17) is 16.7 Å². The van der Waals surface area contributed by atoms with Gasteiger partial charge in [0.05, 0.1) is 0 Å². The molecule has 3 nitrogen and oxygen atoms in total. The summed E-state index contributed by atoms with van der Waals surface area (Å²) in [6.45, 7) is 1.70. The number of benzene rings is 1. The van der Waals surface area contributed by atoms with Gasteiger partial charge < -0.3 is 5.11 Å². The second kappa shape index (κ2) is 5.27. The van der Waals surface area contributed by atoms with Crippen molar-refractivity contribution in [3.63, 3.8) is 0 Å². The first kappa shape index (κ1) is 12.9. The number of carboxylic acids is 1. The molecule has 88 valence electrons. The minimum absolute atomic E-state index is 0.166. The van der Waals surface area contributed by atoms with E-state index in [0.717, 1.165) is 0 Å². The summed E-state index contributed by atoms with van der Waals surface area (Å²) >= 11 is 5.84. The van der Waals surface area contributed by atoms with Crippen LogP contribution in [-0.2, 0) is 11.3 Å². The number of carboxylic acid groups (broad SMARTS) is 1. The summed E-state index contributed by atoms with van der Waals surface area (Å²) in [5.74, 6) is -1.37. The van der Waals surface area contributed by atoms with E-state index >= 15 is 0 Å². The van der Waals surface area contributed by atoms with Gasteiger partial charge in [-0.1, -0.05) is 17.7 Å². The van der Waals surface area contributed by atoms with Gasteiger partial charge in [-0.2, -0.15) is 0 Å². The van der Waals surface area contributed by atoms with Crippen molar-refractivity contribution in [3.8, 4) is 0 Å². The molecule has 5 heteroatoms. The summed E-state index contributed by atoms with van der Waals surface area (Å²) in [5, 5.41) is 9.11. The molecule has 0 saturated carbocycles. The van der Waals surface area contributed by atoms with Crippen molar-refractivity contribution in [3.05, 3.63) is 34.6 Å². The average molecular weight is 246 g/mol. The van der Waals surface area contributed by atoms with E-state index in [-0.39, 0.29) is 6.54 Å². The van der Waals surface area contributed by atoms with Crippen molar-refractivity contribution in [2.45, 2.75) is 19.5 Å². The maximum Gasteiger partial charge on any atom is 0.320 e. The first-order valence-electron chi connectivity index (χ1n) is 4.79. The Bertz CT molecular complexity index is 377. The van der Waals surface area contributed by atoms with Gasteiger partial charge in [0.1, 0.15) is 11.9 Å². The Kier molecular flexibility index (Phi) is 4.26. The van der Waals surface area contributed by atoms with Crippen molar-refractivity contribution in [2.24, 2.45) is 0 Å². The fourth-order valence-electron chi connectivity index (χ4n) is 1.26. The molecular formula is C11H13ClFNO2. The molecule has 0 saturated heterocycles. The largest absolute Gasteiger partial charge is 0.480 e. The van der Waals surface area contributed by atoms with E-state index in [2.05, 4.69) is 0 Å². The Balaban J connectivity index is 2.84. The van der Waals surface area contributed by atoms with Gasteiger partial charge in [-0.25, -0.2) is 4.39 Å². The molecule has 1 unspecified atom stereocenters. The van der Waals surface area contributed by atoms with Crippen LogP contribution in [0.5, 0.6) is 0 Å². The standard InChI is InChI=1S/C11H13ClFNO2/c1-7(11(15)16)14(2)6-8-9(12)4-3-5-10(8)13/h3-5,7H,6H2,1-2H3,(H,15,16). The first-order valence-corrected chi connectivity index (χ1v) is 5.17. The van der Waals surface area contributed by atoms with Crippen LogP contribution in [-0.4, -0.2) is 29.1 Å². The average Bonchev–Trinajstić information content (AvgIpc) is 2.22. The van der Waals surface area contributed by atoms with Crippen LogP contribution in [0.2, 0.25) is 5.02 Å². The maximum atomic E-state index is 13.4. The quantitative estimate of drug-likeness (QED) is 0.886. The third-order valence-electron chi connectivity index (χ3n) is 2.49. The number of hydrogen-bond donors (Lipinski definition) is 1. The predicted molar refractivity (Wildman–Crippen MR) is 60.0 cm³/mol. The molecule has 0 aromatic heterocycles. The fourth-order valence-corrected chi connectivity index (χ4v) is 1.48. The van der Waals surface area contributed by atoms with Crippen molar-refractivity contribution in [1.29, 1.82) is 0 Å². The first-order chi connectivity index (χ1) is 7.43. The summed E-state index contributed by atoms with van der Waals surface area (Å²) in [7, 11) is 1.61. The van der Waals surface area contributed by atoms with E-state index in [1.54, 1.807) is 13.1 Å². The van der Waals surface area contributed by atoms with Crippen molar-refractivity contribution in [2.75, 3.05) is 7.05 Å². The van der Waals surface area contributed by atoms with E-state index in [1.165, 1.54) is 24.0 Å². The summed E-state index contributed by atoms with van der Waals surface area (Å²) in [6.07, 6.45) is 0. The zero-order chi connectivity index (χ0) is 12.3. The number of rotatable bonds is 4. The molecular weight excluding hydrogens is 233 g/mol. The molecule has 0 aliphatic rings. The second-order valence-corrected chi connectivity index (χ2v) is 4.04. The molecule has 0 bridgehead atoms. The lowest BCUT2D eigenvalue weighted by Gasteiger charge is -2.21. The monoisotopic (exact) mass is 245 g/mol. The van der Waals surface area contributed by atoms with Gasteiger partial charge in [0.2, 0.25) is 0 Å². The maximum absolute atomic E-state index is 13.4. The molecule has 1 rings (SSSR count). The number of hydrogen-bond acceptors (Lipinski definition) is 2. The Morgan fingerprint density at radius 2 is 2.25 bits per heavy atom. The smallest absolute Gasteiger partial charge is 0.320 e. The van der Waals surface area contributed by atoms with Crippen molar-refractivity contribution >= 4 is 17.6 Å². The zero-order valence-corrected chi connectivity index (χ0v) is 9.83. The van der Waals surface area contributed by atoms with Gasteiger partial charge in [0, 0.05) is 17.1 Å². The highest BCUT2D eigenvalue weighted by atomic mass is 35.5. The van der Waals surface area contributed by atoms with Crippen LogP contribution in [0.1, 0.15) is 12.5 Å². The van der Waals surface area contributed by atoms with Crippen LogP contribution in [0, 0.1) is 5.82 Å². The Hall–Kier alpha value is -1.13. The molecule has 0 aliphatic heterocycles. The molecule has 0 radical (unpaired) electrons. The Labute approximate surface area is 98.4 Å². The third-order valence-corrected chi connectivity index (χ3v) is 2.84. The van der Waals surface area contributed by atoms with E-state index in [0.29, 0.717) is 10.6 Å². The summed E-state index contributed by atoms with van der Waals surface area (Å²) in [4.78, 5) is 12.3. The van der Waals surface area contributed by atoms with Gasteiger partial charge in [-0.05, 0) is 26.1 Å². The number of aliphatic carboxylic acids is 1. The molecule has 16 heavy (non-hydrogen) atoms. The van der Waals surface area contributed by atoms with Crippen LogP contribution in [0.4, 0.5) is 4.39 Å². The van der Waals surface area contributed by atoms with Gasteiger partial charge in [-0.15, -0.1) is 0 Å². The molecule has 0 amide bonds. The highest BCUT2D eigenvalue weighted by Crippen LogP contribution is 2.20. The van der Waals surface area contributed by atoms with Crippen LogP contribution >= 0.6 is 11.6 Å². The predicted octanol–water partition coefficient (Wildman–Crippen LogP) is 2.38. The van der Waals surface area contributed by atoms with Crippen LogP contribution in [0.15, 0.2) is 18.2 Å². The molecule has 0 heterocycles. The minimum Gasteiger partial charge on any atom is -0.480 e. The summed E-state index contributed by atoms with van der Waals surface area (Å²) < 4.78 is 13.4. The summed E-state index contributed by atoms with van der Waals surface area (Å²) in [5.41, 5.74) is 0.319. The minimum atomic E-state index is -0.949. The van der Waals surface area contributed by atoms with Gasteiger partial charge in [-0.3, -0.25) is 9.69 Å². The number of likely N-dealkylation sites (N-methyl/N-ethyl adjacent to an activating group) is 1. The van der Waals surface area contributed by atoms with E-state index in [9.17, 15) is 9.18 Å². The number of carbonyl (C=O) groups is 1. The number of halogens is 2. The topological polar surface area (TPSA) is 40.5 Å². The van der Waals surface area contributed by atoms with Gasteiger partial charge in [0.25, 0.3) is 0 Å². The van der Waals surface area contributed by atoms with Crippen molar-refractivity contribution in [1.82, 2.24) is 4.90 Å². The highest BCUT2D eigenvalue weighted by Gasteiger charge is 2.19. The molecule has 1 atom stereocenters. The lowest BCUT2D eigenvalue weighted by atomic mass is 10.2. The second-order valence-electron chi connectivity index (χ2n) is 3.63. The Morgan fingerprint density at radius 1 is 1.62 bits per heavy atom.